The number of allylic oxidation sites excluding steroid dienone is 1. The highest BCUT2D eigenvalue weighted by molar-refractivity contribution is 5.76. The van der Waals surface area contributed by atoms with E-state index in [0.717, 1.165) is 38.5 Å². The van der Waals surface area contributed by atoms with Crippen LogP contribution in [0.1, 0.15) is 335 Å². The first kappa shape index (κ1) is 69.9. The summed E-state index contributed by atoms with van der Waals surface area (Å²) >= 11 is 0. The van der Waals surface area contributed by atoms with Gasteiger partial charge in [-0.3, -0.25) is 4.79 Å². The van der Waals surface area contributed by atoms with Crippen molar-refractivity contribution in [1.29, 1.82) is 0 Å². The minimum atomic E-state index is -1.56. The molecule has 0 bridgehead atoms. The molecule has 9 nitrogen and oxygen atoms in total. The Hall–Kier alpha value is -1.07. The van der Waals surface area contributed by atoms with Gasteiger partial charge >= 0.3 is 0 Å². The minimum absolute atomic E-state index is 0.168. The van der Waals surface area contributed by atoms with Crippen LogP contribution in [0.4, 0.5) is 0 Å². The van der Waals surface area contributed by atoms with Crippen molar-refractivity contribution < 1.29 is 39.8 Å². The third kappa shape index (κ3) is 43.6. The fourth-order valence-corrected chi connectivity index (χ4v) is 10.8. The van der Waals surface area contributed by atoms with Gasteiger partial charge in [0.25, 0.3) is 0 Å². The molecule has 1 heterocycles. The van der Waals surface area contributed by atoms with Crippen LogP contribution < -0.4 is 5.32 Å². The molecule has 434 valence electrons. The van der Waals surface area contributed by atoms with E-state index in [-0.39, 0.29) is 12.5 Å². The second-order valence-electron chi connectivity index (χ2n) is 22.9. The van der Waals surface area contributed by atoms with Crippen LogP contribution in [0, 0.1) is 0 Å². The predicted octanol–water partition coefficient (Wildman–Crippen LogP) is 16.7. The van der Waals surface area contributed by atoms with Crippen LogP contribution in [0.5, 0.6) is 0 Å². The van der Waals surface area contributed by atoms with Crippen molar-refractivity contribution in [1.82, 2.24) is 5.32 Å². The number of nitrogens with one attached hydrogen (secondary N) is 1. The van der Waals surface area contributed by atoms with Crippen molar-refractivity contribution in [3.8, 4) is 0 Å². The van der Waals surface area contributed by atoms with Crippen LogP contribution in [-0.4, -0.2) is 87.5 Å². The van der Waals surface area contributed by atoms with Crippen molar-refractivity contribution in [3.05, 3.63) is 12.2 Å². The van der Waals surface area contributed by atoms with Gasteiger partial charge in [0.2, 0.25) is 5.91 Å². The van der Waals surface area contributed by atoms with Gasteiger partial charge < -0.3 is 40.3 Å². The van der Waals surface area contributed by atoms with Crippen molar-refractivity contribution in [3.63, 3.8) is 0 Å². The Morgan fingerprint density at radius 3 is 1.07 bits per heavy atom. The maximum absolute atomic E-state index is 13.1. The molecule has 9 heteroatoms. The van der Waals surface area contributed by atoms with Crippen LogP contribution in [0.25, 0.3) is 0 Å². The zero-order valence-corrected chi connectivity index (χ0v) is 48.4. The second-order valence-corrected chi connectivity index (χ2v) is 22.9. The number of hydrogen-bond acceptors (Lipinski definition) is 8. The largest absolute Gasteiger partial charge is 0.394 e. The Kier molecular flexibility index (Phi) is 52.0. The standard InChI is InChI=1S/C64H125NO8/c1-3-5-7-9-11-13-15-17-19-21-23-25-27-28-29-30-31-32-33-35-37-39-41-43-45-47-49-51-53-58(67)57(56-72-64-63(71)62(70)61(69)59(55-66)73-64)65-60(68)54-52-50-48-46-44-42-40-38-36-34-26-24-22-20-18-16-14-12-10-8-6-4-2/h51,53,57-59,61-64,66-67,69-71H,3-50,52,54-56H2,1-2H3,(H,65,68)/b53-51+. The molecule has 1 saturated heterocycles. The van der Waals surface area contributed by atoms with E-state index in [1.54, 1.807) is 6.08 Å². The molecule has 1 aliphatic heterocycles. The highest BCUT2D eigenvalue weighted by atomic mass is 16.7. The topological polar surface area (TPSA) is 149 Å². The normalized spacial score (nSPS) is 19.0. The number of aliphatic hydroxyl groups is 5. The van der Waals surface area contributed by atoms with Crippen molar-refractivity contribution >= 4 is 5.91 Å². The summed E-state index contributed by atoms with van der Waals surface area (Å²) in [6, 6.07) is -0.801. The number of amides is 1. The third-order valence-corrected chi connectivity index (χ3v) is 15.9. The number of carbonyl (C=O) groups excluding carboxylic acids is 1. The smallest absolute Gasteiger partial charge is 0.220 e. The number of aliphatic hydroxyl groups excluding tert-OH is 5. The molecule has 0 radical (unpaired) electrons. The lowest BCUT2D eigenvalue weighted by molar-refractivity contribution is -0.302. The Morgan fingerprint density at radius 1 is 0.452 bits per heavy atom. The van der Waals surface area contributed by atoms with Crippen molar-refractivity contribution in [2.75, 3.05) is 13.2 Å². The van der Waals surface area contributed by atoms with E-state index in [0.29, 0.717) is 6.42 Å². The van der Waals surface area contributed by atoms with Gasteiger partial charge in [0.05, 0.1) is 25.4 Å². The Bertz CT molecular complexity index is 1150. The second kappa shape index (κ2) is 54.3. The molecule has 6 N–H and O–H groups in total. The molecular formula is C64H125NO8. The monoisotopic (exact) mass is 1040 g/mol. The van der Waals surface area contributed by atoms with E-state index in [1.165, 1.54) is 276 Å². The van der Waals surface area contributed by atoms with Crippen molar-refractivity contribution in [2.45, 2.75) is 378 Å². The average molecular weight is 1040 g/mol. The maximum Gasteiger partial charge on any atom is 0.220 e. The summed E-state index contributed by atoms with van der Waals surface area (Å²) in [6.07, 6.45) is 61.6. The maximum atomic E-state index is 13.1. The molecular weight excluding hydrogens is 911 g/mol. The lowest BCUT2D eigenvalue weighted by Gasteiger charge is -2.40. The summed E-state index contributed by atoms with van der Waals surface area (Å²) in [5.74, 6) is -0.168. The molecule has 0 aromatic rings. The Labute approximate surface area is 452 Å². The lowest BCUT2D eigenvalue weighted by Crippen LogP contribution is -2.60. The number of rotatable bonds is 57. The summed E-state index contributed by atoms with van der Waals surface area (Å²) in [5, 5.41) is 54.7. The van der Waals surface area contributed by atoms with E-state index >= 15 is 0 Å². The molecule has 0 saturated carbocycles. The van der Waals surface area contributed by atoms with E-state index in [4.69, 9.17) is 9.47 Å². The molecule has 0 spiro atoms. The summed E-state index contributed by atoms with van der Waals surface area (Å²) in [5.41, 5.74) is 0. The molecule has 0 aromatic carbocycles. The summed E-state index contributed by atoms with van der Waals surface area (Å²) in [7, 11) is 0. The zero-order valence-electron chi connectivity index (χ0n) is 48.4. The third-order valence-electron chi connectivity index (χ3n) is 15.9. The minimum Gasteiger partial charge on any atom is -0.394 e. The van der Waals surface area contributed by atoms with Crippen molar-refractivity contribution in [2.24, 2.45) is 0 Å². The fourth-order valence-electron chi connectivity index (χ4n) is 10.8. The predicted molar refractivity (Wildman–Crippen MR) is 309 cm³/mol. The zero-order chi connectivity index (χ0) is 52.9. The molecule has 1 amide bonds. The van der Waals surface area contributed by atoms with E-state index in [2.05, 4.69) is 19.2 Å². The van der Waals surface area contributed by atoms with Crippen LogP contribution >= 0.6 is 0 Å². The average Bonchev–Trinajstić information content (AvgIpc) is 3.39. The van der Waals surface area contributed by atoms with Gasteiger partial charge in [-0.2, -0.15) is 0 Å². The molecule has 1 fully saturated rings. The molecule has 0 aliphatic carbocycles. The highest BCUT2D eigenvalue weighted by Crippen LogP contribution is 2.23. The van der Waals surface area contributed by atoms with Crippen LogP contribution in [0.15, 0.2) is 12.2 Å². The van der Waals surface area contributed by atoms with E-state index < -0.39 is 49.5 Å². The quantitative estimate of drug-likeness (QED) is 0.0261. The number of hydrogen-bond donors (Lipinski definition) is 6. The van der Waals surface area contributed by atoms with Gasteiger partial charge in [-0.05, 0) is 19.3 Å². The molecule has 0 aromatic heterocycles. The summed E-state index contributed by atoms with van der Waals surface area (Å²) in [6.45, 7) is 3.84. The molecule has 1 aliphatic rings. The molecule has 7 unspecified atom stereocenters. The highest BCUT2D eigenvalue weighted by Gasteiger charge is 2.44. The van der Waals surface area contributed by atoms with Gasteiger partial charge in [-0.1, -0.05) is 321 Å². The van der Waals surface area contributed by atoms with Gasteiger partial charge in [0.15, 0.2) is 6.29 Å². The first-order chi connectivity index (χ1) is 35.8. The fraction of sp³-hybridized carbons (Fsp3) is 0.953. The van der Waals surface area contributed by atoms with Gasteiger partial charge in [-0.25, -0.2) is 0 Å². The lowest BCUT2D eigenvalue weighted by atomic mass is 9.99. The van der Waals surface area contributed by atoms with Gasteiger partial charge in [0.1, 0.15) is 24.4 Å². The molecule has 1 rings (SSSR count). The van der Waals surface area contributed by atoms with Crippen LogP contribution in [0.3, 0.4) is 0 Å². The number of carbonyl (C=O) groups is 1. The van der Waals surface area contributed by atoms with E-state index in [9.17, 15) is 30.3 Å². The summed E-state index contributed by atoms with van der Waals surface area (Å²) < 4.78 is 11.3. The number of unbranched alkanes of at least 4 members (excludes halogenated alkanes) is 47. The first-order valence-corrected chi connectivity index (χ1v) is 32.4. The van der Waals surface area contributed by atoms with Crippen LogP contribution in [0.2, 0.25) is 0 Å². The Morgan fingerprint density at radius 2 is 0.753 bits per heavy atom. The first-order valence-electron chi connectivity index (χ1n) is 32.4. The van der Waals surface area contributed by atoms with Gasteiger partial charge in [-0.15, -0.1) is 0 Å². The van der Waals surface area contributed by atoms with Crippen LogP contribution in [-0.2, 0) is 14.3 Å². The number of ether oxygens (including phenoxy) is 2. The van der Waals surface area contributed by atoms with Gasteiger partial charge in [0, 0.05) is 6.42 Å². The van der Waals surface area contributed by atoms with E-state index in [1.807, 2.05) is 6.08 Å². The molecule has 73 heavy (non-hydrogen) atoms. The molecule has 7 atom stereocenters. The SMILES string of the molecule is CCCCCCCCCCCCCCCCCCCCCCCCCCCC/C=C/C(O)C(COC1OC(CO)C(O)C(O)C1O)NC(=O)CCCCCCCCCCCCCCCCCCCCCCCC. The Balaban J connectivity index is 2.16. The summed E-state index contributed by atoms with van der Waals surface area (Å²) in [4.78, 5) is 13.1.